The maximum Gasteiger partial charge on any atom is 0.114 e. The molecule has 0 aliphatic heterocycles. The van der Waals surface area contributed by atoms with Crippen LogP contribution in [0.15, 0.2) is 21.0 Å². The van der Waals surface area contributed by atoms with Gasteiger partial charge in [0.05, 0.1) is 16.4 Å². The number of halogens is 1. The van der Waals surface area contributed by atoms with E-state index in [0.717, 1.165) is 3.79 Å². The van der Waals surface area contributed by atoms with Gasteiger partial charge in [-0.15, -0.1) is 11.3 Å². The van der Waals surface area contributed by atoms with Crippen LogP contribution in [0.25, 0.3) is 10.4 Å². The average Bonchev–Trinajstić information content (AvgIpc) is 2.60. The van der Waals surface area contributed by atoms with Crippen LogP contribution in [0.2, 0.25) is 0 Å². The average molecular weight is 278 g/mol. The molecule has 1 aromatic heterocycles. The molecule has 7 heteroatoms. The zero-order chi connectivity index (χ0) is 10.6. The molecule has 14 heavy (non-hydrogen) atoms. The first kappa shape index (κ1) is 11.5. The Morgan fingerprint density at radius 3 is 2.79 bits per heavy atom. The van der Waals surface area contributed by atoms with Crippen LogP contribution in [-0.4, -0.2) is 22.9 Å². The minimum Gasteiger partial charge on any atom is -0.390 e. The first-order valence-corrected chi connectivity index (χ1v) is 5.38. The molecule has 0 aliphatic carbocycles. The standard InChI is InChI=1S/C7H8BrN3O2S/c8-6-2-1-5(14-6)7(13)4(12)3-10-11-9/h1-2,4,7,12-13H,3H2. The second-order valence-electron chi connectivity index (χ2n) is 2.57. The molecule has 0 fully saturated rings. The fourth-order valence-corrected chi connectivity index (χ4v) is 2.36. The summed E-state index contributed by atoms with van der Waals surface area (Å²) < 4.78 is 0.877. The van der Waals surface area contributed by atoms with Crippen molar-refractivity contribution in [2.45, 2.75) is 12.2 Å². The maximum atomic E-state index is 9.59. The summed E-state index contributed by atoms with van der Waals surface area (Å²) in [6.07, 6.45) is -2.06. The maximum absolute atomic E-state index is 9.59. The van der Waals surface area contributed by atoms with Gasteiger partial charge in [-0.3, -0.25) is 0 Å². The molecule has 1 rings (SSSR count). The van der Waals surface area contributed by atoms with Gasteiger partial charge in [0, 0.05) is 9.79 Å². The van der Waals surface area contributed by atoms with Gasteiger partial charge in [-0.25, -0.2) is 0 Å². The van der Waals surface area contributed by atoms with Crippen molar-refractivity contribution in [3.05, 3.63) is 31.2 Å². The molecule has 0 amide bonds. The fraction of sp³-hybridized carbons (Fsp3) is 0.429. The SMILES string of the molecule is [N-]=[N+]=NCC(O)C(O)c1ccc(Br)s1. The zero-order valence-corrected chi connectivity index (χ0v) is 9.44. The number of hydrogen-bond donors (Lipinski definition) is 2. The number of nitrogens with zero attached hydrogens (tertiary/aromatic N) is 3. The Hall–Kier alpha value is -0.590. The Morgan fingerprint density at radius 2 is 2.29 bits per heavy atom. The van der Waals surface area contributed by atoms with Crippen LogP contribution in [0, 0.1) is 0 Å². The molecule has 1 aromatic rings. The Morgan fingerprint density at radius 1 is 1.57 bits per heavy atom. The van der Waals surface area contributed by atoms with E-state index in [0.29, 0.717) is 4.88 Å². The lowest BCUT2D eigenvalue weighted by Gasteiger charge is -2.13. The van der Waals surface area contributed by atoms with Gasteiger partial charge in [-0.2, -0.15) is 0 Å². The summed E-state index contributed by atoms with van der Waals surface area (Å²) >= 11 is 4.58. The van der Waals surface area contributed by atoms with Gasteiger partial charge in [-0.1, -0.05) is 5.11 Å². The van der Waals surface area contributed by atoms with Crippen molar-refractivity contribution >= 4 is 27.3 Å². The molecule has 2 unspecified atom stereocenters. The Bertz CT molecular complexity index is 350. The van der Waals surface area contributed by atoms with Crippen LogP contribution in [0.3, 0.4) is 0 Å². The Kier molecular flexibility index (Phi) is 4.37. The predicted octanol–water partition coefficient (Wildman–Crippen LogP) is 2.22. The molecule has 0 bridgehead atoms. The lowest BCUT2D eigenvalue weighted by Crippen LogP contribution is -2.20. The molecule has 2 N–H and O–H groups in total. The summed E-state index contributed by atoms with van der Waals surface area (Å²) in [5.74, 6) is 0. The second kappa shape index (κ2) is 5.33. The van der Waals surface area contributed by atoms with E-state index in [4.69, 9.17) is 5.53 Å². The van der Waals surface area contributed by atoms with Crippen LogP contribution >= 0.6 is 27.3 Å². The van der Waals surface area contributed by atoms with Gasteiger partial charge in [0.1, 0.15) is 6.10 Å². The van der Waals surface area contributed by atoms with Gasteiger partial charge >= 0.3 is 0 Å². The van der Waals surface area contributed by atoms with Crippen LogP contribution in [-0.2, 0) is 0 Å². The van der Waals surface area contributed by atoms with Gasteiger partial charge in [0.25, 0.3) is 0 Å². The highest BCUT2D eigenvalue weighted by atomic mass is 79.9. The molecule has 5 nitrogen and oxygen atoms in total. The van der Waals surface area contributed by atoms with Crippen LogP contribution in [0.4, 0.5) is 0 Å². The number of azide groups is 1. The van der Waals surface area contributed by atoms with Crippen molar-refractivity contribution in [3.8, 4) is 0 Å². The van der Waals surface area contributed by atoms with Crippen molar-refractivity contribution in [1.82, 2.24) is 0 Å². The first-order valence-electron chi connectivity index (χ1n) is 3.77. The third-order valence-corrected chi connectivity index (χ3v) is 3.28. The molecule has 0 aliphatic rings. The first-order chi connectivity index (χ1) is 6.65. The number of hydrogen-bond acceptors (Lipinski definition) is 4. The highest BCUT2D eigenvalue weighted by Crippen LogP contribution is 2.28. The highest BCUT2D eigenvalue weighted by Gasteiger charge is 2.18. The molecule has 0 spiro atoms. The molecule has 1 heterocycles. The van der Waals surface area contributed by atoms with Crippen LogP contribution in [0.1, 0.15) is 11.0 Å². The van der Waals surface area contributed by atoms with E-state index < -0.39 is 12.2 Å². The molecular weight excluding hydrogens is 270 g/mol. The summed E-state index contributed by atoms with van der Waals surface area (Å²) in [5.41, 5.74) is 8.03. The summed E-state index contributed by atoms with van der Waals surface area (Å²) in [4.78, 5) is 3.14. The highest BCUT2D eigenvalue weighted by molar-refractivity contribution is 9.11. The van der Waals surface area contributed by atoms with Crippen LogP contribution in [0.5, 0.6) is 0 Å². The normalized spacial score (nSPS) is 14.5. The van der Waals surface area contributed by atoms with Gasteiger partial charge in [0.2, 0.25) is 0 Å². The Balaban J connectivity index is 2.64. The van der Waals surface area contributed by atoms with Crippen molar-refractivity contribution in [2.75, 3.05) is 6.54 Å². The molecule has 0 saturated carbocycles. The third kappa shape index (κ3) is 2.97. The smallest absolute Gasteiger partial charge is 0.114 e. The summed E-state index contributed by atoms with van der Waals surface area (Å²) in [5, 5.41) is 22.2. The summed E-state index contributed by atoms with van der Waals surface area (Å²) in [6, 6.07) is 3.49. The summed E-state index contributed by atoms with van der Waals surface area (Å²) in [6.45, 7) is -0.132. The van der Waals surface area contributed by atoms with E-state index in [-0.39, 0.29) is 6.54 Å². The van der Waals surface area contributed by atoms with Gasteiger partial charge in [0.15, 0.2) is 0 Å². The fourth-order valence-electron chi connectivity index (χ4n) is 0.897. The molecule has 76 valence electrons. The van der Waals surface area contributed by atoms with E-state index >= 15 is 0 Å². The van der Waals surface area contributed by atoms with Crippen molar-refractivity contribution < 1.29 is 10.2 Å². The predicted molar refractivity (Wildman–Crippen MR) is 57.0 cm³/mol. The number of aliphatic hydroxyl groups is 2. The molecule has 0 aromatic carbocycles. The van der Waals surface area contributed by atoms with Gasteiger partial charge < -0.3 is 10.2 Å². The quantitative estimate of drug-likeness (QED) is 0.502. The molecule has 0 radical (unpaired) electrons. The summed E-state index contributed by atoms with van der Waals surface area (Å²) in [7, 11) is 0. The number of aliphatic hydroxyl groups excluding tert-OH is 2. The van der Waals surface area contributed by atoms with Crippen molar-refractivity contribution in [3.63, 3.8) is 0 Å². The van der Waals surface area contributed by atoms with Crippen molar-refractivity contribution in [1.29, 1.82) is 0 Å². The van der Waals surface area contributed by atoms with E-state index in [2.05, 4.69) is 26.0 Å². The number of thiophene rings is 1. The second-order valence-corrected chi connectivity index (χ2v) is 5.06. The minimum absolute atomic E-state index is 0.132. The number of rotatable bonds is 4. The van der Waals surface area contributed by atoms with Crippen molar-refractivity contribution in [2.24, 2.45) is 5.11 Å². The van der Waals surface area contributed by atoms with E-state index in [1.54, 1.807) is 12.1 Å². The molecular formula is C7H8BrN3O2S. The third-order valence-electron chi connectivity index (χ3n) is 1.58. The van der Waals surface area contributed by atoms with Crippen LogP contribution < -0.4 is 0 Å². The largest absolute Gasteiger partial charge is 0.390 e. The minimum atomic E-state index is -1.06. The molecule has 2 atom stereocenters. The van der Waals surface area contributed by atoms with Gasteiger partial charge in [-0.05, 0) is 33.6 Å². The lowest BCUT2D eigenvalue weighted by atomic mass is 10.2. The van der Waals surface area contributed by atoms with E-state index in [1.807, 2.05) is 0 Å². The Labute approximate surface area is 92.8 Å². The molecule has 0 saturated heterocycles. The monoisotopic (exact) mass is 277 g/mol. The zero-order valence-electron chi connectivity index (χ0n) is 7.04. The lowest BCUT2D eigenvalue weighted by molar-refractivity contribution is 0.0266. The topological polar surface area (TPSA) is 89.2 Å². The van der Waals surface area contributed by atoms with E-state index in [1.165, 1.54) is 11.3 Å². The van der Waals surface area contributed by atoms with E-state index in [9.17, 15) is 10.2 Å².